The van der Waals surface area contributed by atoms with Crippen LogP contribution < -0.4 is 5.32 Å². The number of nitrogens with one attached hydrogen (secondary N) is 1. The molecule has 1 amide bonds. The normalized spacial score (nSPS) is 10.4. The maximum absolute atomic E-state index is 11.5. The molecule has 0 saturated carbocycles. The van der Waals surface area contributed by atoms with Crippen molar-refractivity contribution in [2.75, 3.05) is 6.54 Å². The van der Waals surface area contributed by atoms with Crippen LogP contribution in [0.4, 0.5) is 4.79 Å². The van der Waals surface area contributed by atoms with Crippen molar-refractivity contribution in [1.29, 1.82) is 5.26 Å². The number of nitrogens with zero attached hydrogens (tertiary/aromatic N) is 1. The summed E-state index contributed by atoms with van der Waals surface area (Å²) in [5.41, 5.74) is 1.72. The molecule has 0 aliphatic rings. The minimum absolute atomic E-state index is 0.306. The van der Waals surface area contributed by atoms with Crippen LogP contribution in [0.3, 0.4) is 0 Å². The summed E-state index contributed by atoms with van der Waals surface area (Å²) in [5.74, 6) is 0. The molecule has 0 fully saturated rings. The molecular formula is C15H18N2O2. The first-order valence-corrected chi connectivity index (χ1v) is 5.97. The number of benzene rings is 1. The van der Waals surface area contributed by atoms with Gasteiger partial charge in [-0.15, -0.1) is 0 Å². The molecule has 0 aliphatic carbocycles. The molecule has 1 aromatic carbocycles. The zero-order chi connectivity index (χ0) is 14.5. The van der Waals surface area contributed by atoms with E-state index in [9.17, 15) is 4.79 Å². The molecule has 0 atom stereocenters. The molecule has 0 radical (unpaired) electrons. The van der Waals surface area contributed by atoms with Gasteiger partial charge >= 0.3 is 6.09 Å². The Bertz CT molecular complexity index is 504. The van der Waals surface area contributed by atoms with Gasteiger partial charge in [0.1, 0.15) is 5.60 Å². The number of alkyl carbamates (subject to hydrolysis) is 1. The Kier molecular flexibility index (Phi) is 4.71. The molecule has 0 unspecified atom stereocenters. The summed E-state index contributed by atoms with van der Waals surface area (Å²) in [6, 6.07) is 9.09. The van der Waals surface area contributed by atoms with Crippen LogP contribution in [0, 0.1) is 11.3 Å². The van der Waals surface area contributed by atoms with E-state index in [1.54, 1.807) is 24.3 Å². The van der Waals surface area contributed by atoms with Crippen LogP contribution >= 0.6 is 0 Å². The van der Waals surface area contributed by atoms with E-state index in [4.69, 9.17) is 10.00 Å². The zero-order valence-electron chi connectivity index (χ0n) is 11.5. The summed E-state index contributed by atoms with van der Waals surface area (Å²) in [7, 11) is 0. The average Bonchev–Trinajstić information content (AvgIpc) is 2.34. The number of carbonyl (C=O) groups excluding carboxylic acids is 1. The van der Waals surface area contributed by atoms with E-state index >= 15 is 0 Å². The van der Waals surface area contributed by atoms with Crippen LogP contribution in [0.25, 0.3) is 5.57 Å². The minimum Gasteiger partial charge on any atom is -0.444 e. The second kappa shape index (κ2) is 6.05. The maximum Gasteiger partial charge on any atom is 0.407 e. The second-order valence-corrected chi connectivity index (χ2v) is 5.15. The lowest BCUT2D eigenvalue weighted by Gasteiger charge is -2.20. The van der Waals surface area contributed by atoms with Gasteiger partial charge in [-0.25, -0.2) is 4.79 Å². The molecule has 0 aliphatic heterocycles. The van der Waals surface area contributed by atoms with Crippen molar-refractivity contribution in [3.63, 3.8) is 0 Å². The highest BCUT2D eigenvalue weighted by molar-refractivity contribution is 5.73. The number of hydrogen-bond acceptors (Lipinski definition) is 3. The van der Waals surface area contributed by atoms with Crippen molar-refractivity contribution < 1.29 is 9.53 Å². The number of ether oxygens (including phenoxy) is 1. The standard InChI is InChI=1S/C15H18N2O2/c1-11(10-17-14(18)19-15(2,3)4)13-7-5-12(9-16)6-8-13/h5-8H,1,10H2,2-4H3,(H,17,18). The number of hydrogen-bond donors (Lipinski definition) is 1. The fraction of sp³-hybridized carbons (Fsp3) is 0.333. The molecule has 0 bridgehead atoms. The largest absolute Gasteiger partial charge is 0.444 e. The van der Waals surface area contributed by atoms with Gasteiger partial charge in [-0.05, 0) is 44.0 Å². The molecule has 1 N–H and O–H groups in total. The van der Waals surface area contributed by atoms with Crippen LogP contribution in [0.1, 0.15) is 31.9 Å². The van der Waals surface area contributed by atoms with Gasteiger partial charge in [0.2, 0.25) is 0 Å². The van der Waals surface area contributed by atoms with Gasteiger partial charge in [0.05, 0.1) is 11.6 Å². The number of nitriles is 1. The maximum atomic E-state index is 11.5. The summed E-state index contributed by atoms with van der Waals surface area (Å²) < 4.78 is 5.13. The van der Waals surface area contributed by atoms with Gasteiger partial charge in [-0.1, -0.05) is 18.7 Å². The third-order valence-corrected chi connectivity index (χ3v) is 2.27. The Balaban J connectivity index is 2.51. The lowest BCUT2D eigenvalue weighted by molar-refractivity contribution is 0.0535. The Morgan fingerprint density at radius 1 is 1.37 bits per heavy atom. The van der Waals surface area contributed by atoms with Crippen molar-refractivity contribution in [3.05, 3.63) is 42.0 Å². The van der Waals surface area contributed by atoms with Gasteiger partial charge in [0, 0.05) is 6.54 Å². The molecule has 1 rings (SSSR count). The highest BCUT2D eigenvalue weighted by atomic mass is 16.6. The molecule has 19 heavy (non-hydrogen) atoms. The molecule has 100 valence electrons. The fourth-order valence-corrected chi connectivity index (χ4v) is 1.38. The Labute approximate surface area is 113 Å². The molecule has 4 nitrogen and oxygen atoms in total. The molecule has 0 saturated heterocycles. The summed E-state index contributed by atoms with van der Waals surface area (Å²) in [4.78, 5) is 11.5. The van der Waals surface area contributed by atoms with E-state index in [0.29, 0.717) is 12.1 Å². The van der Waals surface area contributed by atoms with E-state index in [-0.39, 0.29) is 0 Å². The summed E-state index contributed by atoms with van der Waals surface area (Å²) in [6.07, 6.45) is -0.470. The van der Waals surface area contributed by atoms with Crippen molar-refractivity contribution in [3.8, 4) is 6.07 Å². The number of amides is 1. The van der Waals surface area contributed by atoms with Crippen LogP contribution in [-0.2, 0) is 4.74 Å². The lowest BCUT2D eigenvalue weighted by Crippen LogP contribution is -2.33. The first-order chi connectivity index (χ1) is 8.81. The first kappa shape index (κ1) is 14.8. The summed E-state index contributed by atoms with van der Waals surface area (Å²) in [6.45, 7) is 9.62. The molecule has 0 heterocycles. The number of carbonyl (C=O) groups is 1. The summed E-state index contributed by atoms with van der Waals surface area (Å²) >= 11 is 0. The predicted octanol–water partition coefficient (Wildman–Crippen LogP) is 3.10. The van der Waals surface area contributed by atoms with Crippen LogP contribution in [0.2, 0.25) is 0 Å². The molecule has 0 spiro atoms. The monoisotopic (exact) mass is 258 g/mol. The minimum atomic E-state index is -0.514. The smallest absolute Gasteiger partial charge is 0.407 e. The van der Waals surface area contributed by atoms with Gasteiger partial charge < -0.3 is 10.1 Å². The van der Waals surface area contributed by atoms with Crippen molar-refractivity contribution in [1.82, 2.24) is 5.32 Å². The van der Waals surface area contributed by atoms with Crippen molar-refractivity contribution >= 4 is 11.7 Å². The number of rotatable bonds is 3. The van der Waals surface area contributed by atoms with E-state index in [1.165, 1.54) is 0 Å². The van der Waals surface area contributed by atoms with Crippen LogP contribution in [0.5, 0.6) is 0 Å². The quantitative estimate of drug-likeness (QED) is 0.906. The highest BCUT2D eigenvalue weighted by Gasteiger charge is 2.15. The topological polar surface area (TPSA) is 62.1 Å². The van der Waals surface area contributed by atoms with Crippen LogP contribution in [0.15, 0.2) is 30.8 Å². The van der Waals surface area contributed by atoms with Gasteiger partial charge in [-0.2, -0.15) is 5.26 Å². The third-order valence-electron chi connectivity index (χ3n) is 2.27. The van der Waals surface area contributed by atoms with Gasteiger partial charge in [-0.3, -0.25) is 0 Å². The predicted molar refractivity (Wildman–Crippen MR) is 74.4 cm³/mol. The molecule has 0 aromatic heterocycles. The van der Waals surface area contributed by atoms with E-state index in [1.807, 2.05) is 26.8 Å². The highest BCUT2D eigenvalue weighted by Crippen LogP contribution is 2.13. The Morgan fingerprint density at radius 3 is 2.42 bits per heavy atom. The Morgan fingerprint density at radius 2 is 1.95 bits per heavy atom. The lowest BCUT2D eigenvalue weighted by atomic mass is 10.1. The van der Waals surface area contributed by atoms with E-state index in [2.05, 4.69) is 11.9 Å². The fourth-order valence-electron chi connectivity index (χ4n) is 1.38. The SMILES string of the molecule is C=C(CNC(=O)OC(C)(C)C)c1ccc(C#N)cc1. The summed E-state index contributed by atoms with van der Waals surface area (Å²) in [5, 5.41) is 11.3. The van der Waals surface area contributed by atoms with Crippen molar-refractivity contribution in [2.45, 2.75) is 26.4 Å². The van der Waals surface area contributed by atoms with Crippen LogP contribution in [-0.4, -0.2) is 18.2 Å². The Hall–Kier alpha value is -2.28. The molecule has 4 heteroatoms. The average molecular weight is 258 g/mol. The molecule has 1 aromatic rings. The third kappa shape index (κ3) is 5.26. The second-order valence-electron chi connectivity index (χ2n) is 5.15. The van der Waals surface area contributed by atoms with Gasteiger partial charge in [0.15, 0.2) is 0 Å². The van der Waals surface area contributed by atoms with E-state index < -0.39 is 11.7 Å². The van der Waals surface area contributed by atoms with Gasteiger partial charge in [0.25, 0.3) is 0 Å². The van der Waals surface area contributed by atoms with Crippen molar-refractivity contribution in [2.24, 2.45) is 0 Å². The first-order valence-electron chi connectivity index (χ1n) is 5.97. The van der Waals surface area contributed by atoms with E-state index in [0.717, 1.165) is 11.1 Å². The molecular weight excluding hydrogens is 240 g/mol. The zero-order valence-corrected chi connectivity index (χ0v) is 11.5.